The molecule has 0 aromatic heterocycles. The second-order valence-corrected chi connectivity index (χ2v) is 5.06. The summed E-state index contributed by atoms with van der Waals surface area (Å²) in [5.41, 5.74) is 7.61. The zero-order chi connectivity index (χ0) is 15.6. The Bertz CT molecular complexity index is 591. The Morgan fingerprint density at radius 2 is 1.74 bits per heavy atom. The number of carbonyl (C=O) groups is 1. The molecule has 0 aliphatic rings. The Hall–Kier alpha value is -2.20. The molecule has 5 heteroatoms. The van der Waals surface area contributed by atoms with Crippen molar-refractivity contribution in [3.05, 3.63) is 60.2 Å². The van der Waals surface area contributed by atoms with E-state index in [9.17, 15) is 4.79 Å². The Labute approximate surface area is 143 Å². The molecule has 0 unspecified atom stereocenters. The van der Waals surface area contributed by atoms with E-state index in [-0.39, 0.29) is 18.3 Å². The van der Waals surface area contributed by atoms with Crippen molar-refractivity contribution in [3.8, 4) is 5.75 Å². The summed E-state index contributed by atoms with van der Waals surface area (Å²) >= 11 is 0. The smallest absolute Gasteiger partial charge is 0.220 e. The molecule has 0 fully saturated rings. The molecule has 4 nitrogen and oxygen atoms in total. The van der Waals surface area contributed by atoms with Crippen LogP contribution in [0.15, 0.2) is 54.6 Å². The van der Waals surface area contributed by atoms with E-state index in [2.05, 4.69) is 5.32 Å². The predicted molar refractivity (Wildman–Crippen MR) is 96.0 cm³/mol. The third-order valence-corrected chi connectivity index (χ3v) is 3.33. The van der Waals surface area contributed by atoms with Crippen LogP contribution in [0.1, 0.15) is 18.4 Å². The average molecular weight is 335 g/mol. The van der Waals surface area contributed by atoms with Gasteiger partial charge >= 0.3 is 0 Å². The first-order valence-corrected chi connectivity index (χ1v) is 7.53. The largest absolute Gasteiger partial charge is 0.494 e. The molecule has 0 saturated heterocycles. The van der Waals surface area contributed by atoms with E-state index in [1.807, 2.05) is 54.6 Å². The lowest BCUT2D eigenvalue weighted by molar-refractivity contribution is -0.121. The first-order chi connectivity index (χ1) is 10.8. The van der Waals surface area contributed by atoms with E-state index >= 15 is 0 Å². The molecule has 3 N–H and O–H groups in total. The molecule has 0 radical (unpaired) electrons. The molecule has 124 valence electrons. The highest BCUT2D eigenvalue weighted by Gasteiger charge is 2.03. The zero-order valence-electron chi connectivity index (χ0n) is 13.0. The number of para-hydroxylation sites is 2. The number of hydrogen-bond acceptors (Lipinski definition) is 3. The Balaban J connectivity index is 0.00000264. The number of rotatable bonds is 8. The summed E-state index contributed by atoms with van der Waals surface area (Å²) in [6.45, 7) is 1.21. The molecule has 0 atom stereocenters. The fraction of sp³-hybridized carbons (Fsp3) is 0.278. The molecule has 0 spiro atoms. The second kappa shape index (κ2) is 10.5. The molecule has 0 aliphatic carbocycles. The topological polar surface area (TPSA) is 64.4 Å². The zero-order valence-corrected chi connectivity index (χ0v) is 13.9. The minimum Gasteiger partial charge on any atom is -0.494 e. The fourth-order valence-electron chi connectivity index (χ4n) is 2.11. The van der Waals surface area contributed by atoms with Crippen LogP contribution in [0.4, 0.5) is 5.69 Å². The van der Waals surface area contributed by atoms with E-state index in [4.69, 9.17) is 10.5 Å². The second-order valence-electron chi connectivity index (χ2n) is 5.06. The van der Waals surface area contributed by atoms with Gasteiger partial charge in [-0.3, -0.25) is 4.79 Å². The molecule has 23 heavy (non-hydrogen) atoms. The summed E-state index contributed by atoms with van der Waals surface area (Å²) in [4.78, 5) is 11.8. The number of amides is 1. The molecule has 0 saturated carbocycles. The lowest BCUT2D eigenvalue weighted by Crippen LogP contribution is -2.25. The van der Waals surface area contributed by atoms with Gasteiger partial charge in [-0.15, -0.1) is 12.4 Å². The molecule has 2 aromatic rings. The van der Waals surface area contributed by atoms with Crippen LogP contribution < -0.4 is 15.8 Å². The first-order valence-electron chi connectivity index (χ1n) is 7.53. The van der Waals surface area contributed by atoms with E-state index in [1.54, 1.807) is 0 Å². The van der Waals surface area contributed by atoms with E-state index in [1.165, 1.54) is 0 Å². The summed E-state index contributed by atoms with van der Waals surface area (Å²) in [6, 6.07) is 17.3. The maximum absolute atomic E-state index is 11.8. The lowest BCUT2D eigenvalue weighted by atomic mass is 10.1. The quantitative estimate of drug-likeness (QED) is 0.575. The van der Waals surface area contributed by atoms with Crippen molar-refractivity contribution in [1.82, 2.24) is 5.32 Å². The number of anilines is 1. The maximum Gasteiger partial charge on any atom is 0.220 e. The van der Waals surface area contributed by atoms with Crippen LogP contribution in [0.2, 0.25) is 0 Å². The van der Waals surface area contributed by atoms with Crippen LogP contribution in [0.5, 0.6) is 5.75 Å². The Morgan fingerprint density at radius 1 is 1.04 bits per heavy atom. The fourth-order valence-corrected chi connectivity index (χ4v) is 2.11. The number of benzene rings is 2. The van der Waals surface area contributed by atoms with Gasteiger partial charge in [0.15, 0.2) is 0 Å². The van der Waals surface area contributed by atoms with Crippen molar-refractivity contribution in [2.45, 2.75) is 19.3 Å². The number of aryl methyl sites for hydroxylation is 1. The van der Waals surface area contributed by atoms with Crippen molar-refractivity contribution in [2.75, 3.05) is 18.9 Å². The van der Waals surface area contributed by atoms with Crippen LogP contribution in [-0.4, -0.2) is 19.1 Å². The average Bonchev–Trinajstić information content (AvgIpc) is 2.55. The number of ether oxygens (including phenoxy) is 1. The number of nitrogens with one attached hydrogen (secondary N) is 1. The van der Waals surface area contributed by atoms with Crippen LogP contribution in [0.25, 0.3) is 0 Å². The van der Waals surface area contributed by atoms with E-state index in [0.717, 1.165) is 23.4 Å². The summed E-state index contributed by atoms with van der Waals surface area (Å²) in [5.74, 6) is 0.899. The number of carbonyl (C=O) groups excluding carboxylic acids is 1. The maximum atomic E-state index is 11.8. The van der Waals surface area contributed by atoms with Crippen molar-refractivity contribution >= 4 is 24.0 Å². The Morgan fingerprint density at radius 3 is 2.48 bits per heavy atom. The highest BCUT2D eigenvalue weighted by atomic mass is 35.5. The molecule has 1 amide bonds. The van der Waals surface area contributed by atoms with Crippen LogP contribution in [-0.2, 0) is 11.2 Å². The number of hydrogen-bond donors (Lipinski definition) is 2. The van der Waals surface area contributed by atoms with Crippen molar-refractivity contribution in [2.24, 2.45) is 0 Å². The highest BCUT2D eigenvalue weighted by molar-refractivity contribution is 5.85. The summed E-state index contributed by atoms with van der Waals surface area (Å²) in [6.07, 6.45) is 1.90. The van der Waals surface area contributed by atoms with Gasteiger partial charge in [-0.2, -0.15) is 0 Å². The summed E-state index contributed by atoms with van der Waals surface area (Å²) in [7, 11) is 0. The third kappa shape index (κ3) is 7.06. The SMILES string of the molecule is Cl.Nc1ccccc1CCC(=O)NCCCOc1ccccc1. The minimum absolute atomic E-state index is 0. The molecule has 0 aliphatic heterocycles. The molecule has 2 rings (SSSR count). The number of halogens is 1. The highest BCUT2D eigenvalue weighted by Crippen LogP contribution is 2.12. The van der Waals surface area contributed by atoms with Gasteiger partial charge in [-0.05, 0) is 36.6 Å². The van der Waals surface area contributed by atoms with Gasteiger partial charge in [0, 0.05) is 18.7 Å². The summed E-state index contributed by atoms with van der Waals surface area (Å²) < 4.78 is 5.56. The number of nitrogens with two attached hydrogens (primary N) is 1. The van der Waals surface area contributed by atoms with Gasteiger partial charge in [0.1, 0.15) is 5.75 Å². The first kappa shape index (κ1) is 18.8. The number of nitrogen functional groups attached to an aromatic ring is 1. The van der Waals surface area contributed by atoms with Gasteiger partial charge in [0.05, 0.1) is 6.61 Å². The van der Waals surface area contributed by atoms with Gasteiger partial charge in [0.2, 0.25) is 5.91 Å². The van der Waals surface area contributed by atoms with Crippen LogP contribution >= 0.6 is 12.4 Å². The van der Waals surface area contributed by atoms with Crippen LogP contribution in [0, 0.1) is 0 Å². The minimum atomic E-state index is 0. The van der Waals surface area contributed by atoms with Crippen molar-refractivity contribution < 1.29 is 9.53 Å². The lowest BCUT2D eigenvalue weighted by Gasteiger charge is -2.08. The monoisotopic (exact) mass is 334 g/mol. The normalized spacial score (nSPS) is 9.74. The van der Waals surface area contributed by atoms with Gasteiger partial charge in [-0.25, -0.2) is 0 Å². The molecule has 0 heterocycles. The molecule has 0 bridgehead atoms. The van der Waals surface area contributed by atoms with Gasteiger partial charge < -0.3 is 15.8 Å². The summed E-state index contributed by atoms with van der Waals surface area (Å²) in [5, 5.41) is 2.90. The molecular formula is C18H23ClN2O2. The van der Waals surface area contributed by atoms with Gasteiger partial charge in [-0.1, -0.05) is 36.4 Å². The van der Waals surface area contributed by atoms with E-state index < -0.39 is 0 Å². The Kier molecular flexibility index (Phi) is 8.62. The molecular weight excluding hydrogens is 312 g/mol. The standard InChI is InChI=1S/C18H22N2O2.ClH/c19-17-10-5-4-7-15(17)11-12-18(21)20-13-6-14-22-16-8-2-1-3-9-16;/h1-5,7-10H,6,11-14,19H2,(H,20,21);1H. The van der Waals surface area contributed by atoms with Gasteiger partial charge in [0.25, 0.3) is 0 Å². The third-order valence-electron chi connectivity index (χ3n) is 3.33. The van der Waals surface area contributed by atoms with Crippen molar-refractivity contribution in [3.63, 3.8) is 0 Å². The van der Waals surface area contributed by atoms with Crippen LogP contribution in [0.3, 0.4) is 0 Å². The van der Waals surface area contributed by atoms with E-state index in [0.29, 0.717) is 26.0 Å². The van der Waals surface area contributed by atoms with Crippen molar-refractivity contribution in [1.29, 1.82) is 0 Å². The molecule has 2 aromatic carbocycles. The predicted octanol–water partition coefficient (Wildman–Crippen LogP) is 3.21.